The Bertz CT molecular complexity index is 713. The van der Waals surface area contributed by atoms with E-state index in [0.717, 1.165) is 23.3 Å². The van der Waals surface area contributed by atoms with Crippen LogP contribution in [0.1, 0.15) is 17.7 Å². The van der Waals surface area contributed by atoms with E-state index >= 15 is 0 Å². The highest BCUT2D eigenvalue weighted by molar-refractivity contribution is 7.21. The minimum Gasteiger partial charge on any atom is -0.309 e. The number of thiazole rings is 1. The van der Waals surface area contributed by atoms with Crippen LogP contribution in [-0.2, 0) is 6.54 Å². The zero-order valence-electron chi connectivity index (χ0n) is 11.6. The molecule has 0 aliphatic heterocycles. The van der Waals surface area contributed by atoms with Crippen molar-refractivity contribution in [2.45, 2.75) is 25.4 Å². The van der Waals surface area contributed by atoms with E-state index in [9.17, 15) is 0 Å². The van der Waals surface area contributed by atoms with Crippen molar-refractivity contribution in [1.82, 2.24) is 10.3 Å². The van der Waals surface area contributed by atoms with Crippen molar-refractivity contribution in [2.75, 3.05) is 0 Å². The Morgan fingerprint density at radius 2 is 1.95 bits per heavy atom. The van der Waals surface area contributed by atoms with Gasteiger partial charge in [-0.25, -0.2) is 4.98 Å². The third-order valence-corrected chi connectivity index (χ3v) is 5.70. The molecule has 0 amide bonds. The van der Waals surface area contributed by atoms with E-state index in [2.05, 4.69) is 53.2 Å². The molecule has 106 valence electrons. The Labute approximate surface area is 132 Å². The first kappa shape index (κ1) is 13.2. The Morgan fingerprint density at radius 1 is 1.10 bits per heavy atom. The number of nitrogens with zero attached hydrogens (tertiary/aromatic N) is 1. The molecule has 0 radical (unpaired) electrons. The third-order valence-electron chi connectivity index (χ3n) is 3.61. The van der Waals surface area contributed by atoms with Crippen LogP contribution in [0.3, 0.4) is 0 Å². The van der Waals surface area contributed by atoms with Gasteiger partial charge in [-0.1, -0.05) is 36.4 Å². The first-order chi connectivity index (χ1) is 10.4. The lowest BCUT2D eigenvalue weighted by molar-refractivity contribution is 0.695. The maximum Gasteiger partial charge on any atom is 0.134 e. The Kier molecular flexibility index (Phi) is 3.59. The summed E-state index contributed by atoms with van der Waals surface area (Å²) in [6.45, 7) is 0.929. The van der Waals surface area contributed by atoms with Gasteiger partial charge in [0.15, 0.2) is 0 Å². The Hall–Kier alpha value is -1.49. The van der Waals surface area contributed by atoms with Gasteiger partial charge < -0.3 is 5.32 Å². The largest absolute Gasteiger partial charge is 0.309 e. The van der Waals surface area contributed by atoms with E-state index < -0.39 is 0 Å². The van der Waals surface area contributed by atoms with E-state index in [1.807, 2.05) is 11.3 Å². The molecule has 1 aromatic carbocycles. The van der Waals surface area contributed by atoms with Gasteiger partial charge in [-0.15, -0.1) is 22.7 Å². The highest BCUT2D eigenvalue weighted by Crippen LogP contribution is 2.36. The molecule has 1 saturated carbocycles. The molecule has 1 fully saturated rings. The van der Waals surface area contributed by atoms with Crippen LogP contribution in [0.2, 0.25) is 0 Å². The topological polar surface area (TPSA) is 24.9 Å². The quantitative estimate of drug-likeness (QED) is 0.732. The van der Waals surface area contributed by atoms with Crippen LogP contribution in [0.5, 0.6) is 0 Å². The van der Waals surface area contributed by atoms with Crippen LogP contribution in [-0.4, -0.2) is 11.0 Å². The summed E-state index contributed by atoms with van der Waals surface area (Å²) in [5, 5.41) is 6.86. The minimum atomic E-state index is 0.723. The van der Waals surface area contributed by atoms with Crippen LogP contribution in [0.25, 0.3) is 21.1 Å². The molecule has 0 bridgehead atoms. The molecule has 0 atom stereocenters. The summed E-state index contributed by atoms with van der Waals surface area (Å²) < 4.78 is 0. The van der Waals surface area contributed by atoms with E-state index in [-0.39, 0.29) is 0 Å². The summed E-state index contributed by atoms with van der Waals surface area (Å²) in [4.78, 5) is 7.51. The number of rotatable bonds is 5. The van der Waals surface area contributed by atoms with Crippen molar-refractivity contribution < 1.29 is 0 Å². The average Bonchev–Trinajstić information content (AvgIpc) is 3.03. The Balaban J connectivity index is 1.71. The molecule has 3 aromatic rings. The molecule has 1 N–H and O–H groups in total. The molecular weight excluding hydrogens is 296 g/mol. The summed E-state index contributed by atoms with van der Waals surface area (Å²) in [6, 6.07) is 15.5. The molecule has 1 aliphatic rings. The molecule has 2 nitrogen and oxygen atoms in total. The fourth-order valence-electron chi connectivity index (χ4n) is 2.32. The van der Waals surface area contributed by atoms with E-state index in [1.165, 1.54) is 28.2 Å². The predicted molar refractivity (Wildman–Crippen MR) is 90.7 cm³/mol. The molecule has 21 heavy (non-hydrogen) atoms. The van der Waals surface area contributed by atoms with Gasteiger partial charge in [-0.05, 0) is 24.3 Å². The summed E-state index contributed by atoms with van der Waals surface area (Å²) in [5.74, 6) is 0. The highest BCUT2D eigenvalue weighted by Gasteiger charge is 2.22. The number of hydrogen-bond acceptors (Lipinski definition) is 4. The van der Waals surface area contributed by atoms with Crippen LogP contribution in [0, 0.1) is 0 Å². The van der Waals surface area contributed by atoms with Crippen molar-refractivity contribution in [3.05, 3.63) is 52.7 Å². The molecule has 1 aliphatic carbocycles. The second-order valence-corrected chi connectivity index (χ2v) is 7.32. The van der Waals surface area contributed by atoms with Gasteiger partial charge in [0, 0.05) is 23.0 Å². The minimum absolute atomic E-state index is 0.723. The second kappa shape index (κ2) is 5.72. The van der Waals surface area contributed by atoms with Crippen LogP contribution >= 0.6 is 22.7 Å². The SMILES string of the molecule is c1ccc(-c2nc(-c3cccs3)sc2CNC2CC2)cc1. The number of thiophene rings is 1. The number of benzene rings is 1. The monoisotopic (exact) mass is 312 g/mol. The summed E-state index contributed by atoms with van der Waals surface area (Å²) >= 11 is 3.58. The van der Waals surface area contributed by atoms with Crippen LogP contribution in [0.15, 0.2) is 47.8 Å². The van der Waals surface area contributed by atoms with Crippen molar-refractivity contribution in [3.63, 3.8) is 0 Å². The van der Waals surface area contributed by atoms with Gasteiger partial charge >= 0.3 is 0 Å². The fourth-order valence-corrected chi connectivity index (χ4v) is 4.15. The fraction of sp³-hybridized carbons (Fsp3) is 0.235. The first-order valence-corrected chi connectivity index (χ1v) is 8.92. The lowest BCUT2D eigenvalue weighted by atomic mass is 10.1. The van der Waals surface area contributed by atoms with Gasteiger partial charge in [0.25, 0.3) is 0 Å². The maximum atomic E-state index is 4.91. The highest BCUT2D eigenvalue weighted by atomic mass is 32.1. The van der Waals surface area contributed by atoms with Crippen LogP contribution < -0.4 is 5.32 Å². The molecular formula is C17H16N2S2. The van der Waals surface area contributed by atoms with Gasteiger partial charge in [0.05, 0.1) is 10.6 Å². The molecule has 2 heterocycles. The standard InChI is InChI=1S/C17H16N2S2/c1-2-5-12(6-3-1)16-15(11-18-13-8-9-13)21-17(19-16)14-7-4-10-20-14/h1-7,10,13,18H,8-9,11H2. The summed E-state index contributed by atoms with van der Waals surface area (Å²) in [7, 11) is 0. The van der Waals surface area contributed by atoms with Gasteiger partial charge in [0.2, 0.25) is 0 Å². The van der Waals surface area contributed by atoms with Gasteiger partial charge in [0.1, 0.15) is 5.01 Å². The molecule has 0 saturated heterocycles. The Morgan fingerprint density at radius 3 is 2.67 bits per heavy atom. The normalized spacial score (nSPS) is 14.5. The lowest BCUT2D eigenvalue weighted by Crippen LogP contribution is -2.14. The summed E-state index contributed by atoms with van der Waals surface area (Å²) in [5.41, 5.74) is 2.35. The average molecular weight is 312 g/mol. The zero-order chi connectivity index (χ0) is 14.1. The molecule has 0 unspecified atom stereocenters. The lowest BCUT2D eigenvalue weighted by Gasteiger charge is -2.03. The van der Waals surface area contributed by atoms with Crippen molar-refractivity contribution >= 4 is 22.7 Å². The molecule has 4 rings (SSSR count). The second-order valence-electron chi connectivity index (χ2n) is 5.29. The van der Waals surface area contributed by atoms with Crippen molar-refractivity contribution in [2.24, 2.45) is 0 Å². The number of nitrogens with one attached hydrogen (secondary N) is 1. The van der Waals surface area contributed by atoms with Crippen molar-refractivity contribution in [3.8, 4) is 21.1 Å². The van der Waals surface area contributed by atoms with E-state index in [4.69, 9.17) is 4.98 Å². The number of aromatic nitrogens is 1. The molecule has 0 spiro atoms. The molecule has 4 heteroatoms. The van der Waals surface area contributed by atoms with E-state index in [1.54, 1.807) is 11.3 Å². The maximum absolute atomic E-state index is 4.91. The third kappa shape index (κ3) is 2.93. The number of hydrogen-bond donors (Lipinski definition) is 1. The molecule has 2 aromatic heterocycles. The zero-order valence-corrected chi connectivity index (χ0v) is 13.2. The van der Waals surface area contributed by atoms with Gasteiger partial charge in [-0.3, -0.25) is 0 Å². The van der Waals surface area contributed by atoms with E-state index in [0.29, 0.717) is 0 Å². The van der Waals surface area contributed by atoms with Gasteiger partial charge in [-0.2, -0.15) is 0 Å². The van der Waals surface area contributed by atoms with Crippen LogP contribution in [0.4, 0.5) is 0 Å². The first-order valence-electron chi connectivity index (χ1n) is 7.22. The predicted octanol–water partition coefficient (Wildman–Crippen LogP) is 4.79. The van der Waals surface area contributed by atoms with Crippen molar-refractivity contribution in [1.29, 1.82) is 0 Å². The summed E-state index contributed by atoms with van der Waals surface area (Å²) in [6.07, 6.45) is 2.63. The smallest absolute Gasteiger partial charge is 0.134 e.